The van der Waals surface area contributed by atoms with Crippen molar-refractivity contribution < 1.29 is 55.8 Å². The van der Waals surface area contributed by atoms with Crippen molar-refractivity contribution in [1.82, 2.24) is 0 Å². The van der Waals surface area contributed by atoms with Gasteiger partial charge in [-0.25, -0.2) is 0 Å². The molecule has 1 rings (SSSR count). The van der Waals surface area contributed by atoms with Crippen LogP contribution >= 0.6 is 0 Å². The molecule has 138 valence electrons. The predicted molar refractivity (Wildman–Crippen MR) is 70.9 cm³/mol. The zero-order valence-corrected chi connectivity index (χ0v) is 12.1. The fourth-order valence-electron chi connectivity index (χ4n) is 2.35. The van der Waals surface area contributed by atoms with Gasteiger partial charge in [0, 0.05) is 0 Å². The summed E-state index contributed by atoms with van der Waals surface area (Å²) in [6.45, 7) is -1.67. The smallest absolute Gasteiger partial charge is 0.115 e. The van der Waals surface area contributed by atoms with Crippen LogP contribution in [-0.2, 0) is 4.74 Å². The Kier molecular flexibility index (Phi) is 7.70. The van der Waals surface area contributed by atoms with E-state index in [0.717, 1.165) is 0 Å². The molecule has 10 atom stereocenters. The molecule has 0 radical (unpaired) electrons. The first-order valence-electron chi connectivity index (χ1n) is 6.99. The first-order chi connectivity index (χ1) is 10.7. The third-order valence-electron chi connectivity index (χ3n) is 3.90. The van der Waals surface area contributed by atoms with Gasteiger partial charge in [-0.15, -0.1) is 0 Å². The van der Waals surface area contributed by atoms with Crippen LogP contribution in [0.25, 0.3) is 0 Å². The van der Waals surface area contributed by atoms with E-state index < -0.39 is 74.3 Å². The van der Waals surface area contributed by atoms with Gasteiger partial charge in [0.15, 0.2) is 0 Å². The van der Waals surface area contributed by atoms with Crippen molar-refractivity contribution in [3.63, 3.8) is 0 Å². The van der Waals surface area contributed by atoms with Crippen LogP contribution in [0.4, 0.5) is 0 Å². The Morgan fingerprint density at radius 3 is 1.78 bits per heavy atom. The molecule has 0 aromatic heterocycles. The topological polar surface area (TPSA) is 212 Å². The fourth-order valence-corrected chi connectivity index (χ4v) is 2.35. The Morgan fingerprint density at radius 2 is 1.30 bits per heavy atom. The highest BCUT2D eigenvalue weighted by Crippen LogP contribution is 2.25. The van der Waals surface area contributed by atoms with Gasteiger partial charge in [0.1, 0.15) is 61.0 Å². The van der Waals surface area contributed by atoms with Crippen LogP contribution in [0.1, 0.15) is 0 Å². The highest BCUT2D eigenvalue weighted by atomic mass is 16.6. The van der Waals surface area contributed by atoms with E-state index in [0.29, 0.717) is 0 Å². The molecule has 10 N–H and O–H groups in total. The minimum Gasteiger partial charge on any atom is -0.394 e. The van der Waals surface area contributed by atoms with Gasteiger partial charge >= 0.3 is 0 Å². The second-order valence-corrected chi connectivity index (χ2v) is 5.51. The van der Waals surface area contributed by atoms with Crippen molar-refractivity contribution in [1.29, 1.82) is 0 Å². The maximum Gasteiger partial charge on any atom is 0.115 e. The van der Waals surface area contributed by atoms with Crippen LogP contribution in [0.2, 0.25) is 0 Å². The van der Waals surface area contributed by atoms with Crippen LogP contribution < -0.4 is 0 Å². The van der Waals surface area contributed by atoms with Crippen molar-refractivity contribution in [3.8, 4) is 0 Å². The van der Waals surface area contributed by atoms with Crippen LogP contribution in [0.5, 0.6) is 0 Å². The van der Waals surface area contributed by atoms with Crippen LogP contribution in [0.15, 0.2) is 0 Å². The lowest BCUT2D eigenvalue weighted by Crippen LogP contribution is -2.64. The summed E-state index contributed by atoms with van der Waals surface area (Å²) in [4.78, 5) is 0. The summed E-state index contributed by atoms with van der Waals surface area (Å²) in [5.74, 6) is 0. The molecule has 1 aliphatic heterocycles. The molecule has 1 aliphatic rings. The zero-order valence-electron chi connectivity index (χ0n) is 12.1. The maximum atomic E-state index is 9.98. The van der Waals surface area contributed by atoms with Crippen molar-refractivity contribution in [2.45, 2.75) is 61.0 Å². The van der Waals surface area contributed by atoms with Gasteiger partial charge in [0.2, 0.25) is 0 Å². The third kappa shape index (κ3) is 4.35. The number of ether oxygens (including phenoxy) is 1. The van der Waals surface area contributed by atoms with E-state index in [1.807, 2.05) is 0 Å². The van der Waals surface area contributed by atoms with Gasteiger partial charge in [-0.05, 0) is 0 Å². The van der Waals surface area contributed by atoms with Gasteiger partial charge < -0.3 is 55.8 Å². The number of aliphatic hydroxyl groups excluding tert-OH is 10. The molecule has 1 heterocycles. The Labute approximate surface area is 131 Å². The summed E-state index contributed by atoms with van der Waals surface area (Å²) in [6, 6.07) is 0. The molecule has 0 aromatic rings. The second-order valence-electron chi connectivity index (χ2n) is 5.51. The molecule has 1 saturated heterocycles. The Hall–Kier alpha value is -0.440. The molecule has 1 unspecified atom stereocenters. The molecule has 0 spiro atoms. The molecule has 0 bridgehead atoms. The SMILES string of the molecule is OC[C@H](O)[C@@H](O)[C@H](O)[C@H](O)C(O)[C@H]1O[C@H](CO)[C@@H](O)[C@H](O)[C@H]1O. The average Bonchev–Trinajstić information content (AvgIpc) is 2.56. The molecule has 11 nitrogen and oxygen atoms in total. The first-order valence-corrected chi connectivity index (χ1v) is 6.99. The van der Waals surface area contributed by atoms with Gasteiger partial charge in [-0.2, -0.15) is 0 Å². The van der Waals surface area contributed by atoms with Crippen LogP contribution in [0, 0.1) is 0 Å². The summed E-state index contributed by atoms with van der Waals surface area (Å²) in [7, 11) is 0. The van der Waals surface area contributed by atoms with Gasteiger partial charge in [0.25, 0.3) is 0 Å². The lowest BCUT2D eigenvalue weighted by molar-refractivity contribution is -0.264. The highest BCUT2D eigenvalue weighted by molar-refractivity contribution is 4.98. The van der Waals surface area contributed by atoms with Gasteiger partial charge in [-0.1, -0.05) is 0 Å². The molecular formula is C12H24O11. The quantitative estimate of drug-likeness (QED) is 0.210. The monoisotopic (exact) mass is 344 g/mol. The first kappa shape index (κ1) is 20.6. The standard InChI is InChI=1S/C12H24O11/c13-1-3(15)5(16)7(18)9(20)11(22)12-10(21)8(19)6(17)4(2-14)23-12/h3-22H,1-2H2/t3-,4+,5+,6+,7-,8-,9-,10+,11?,12-/m0/s1. The highest BCUT2D eigenvalue weighted by Gasteiger charge is 2.49. The normalized spacial score (nSPS) is 38.6. The van der Waals surface area contributed by atoms with E-state index in [2.05, 4.69) is 0 Å². The number of hydrogen-bond acceptors (Lipinski definition) is 11. The molecule has 1 fully saturated rings. The molecule has 23 heavy (non-hydrogen) atoms. The maximum absolute atomic E-state index is 9.98. The van der Waals surface area contributed by atoms with E-state index in [-0.39, 0.29) is 0 Å². The summed E-state index contributed by atoms with van der Waals surface area (Å²) >= 11 is 0. The lowest BCUT2D eigenvalue weighted by Gasteiger charge is -2.43. The minimum absolute atomic E-state index is 0.751. The number of aliphatic hydroxyl groups is 10. The summed E-state index contributed by atoms with van der Waals surface area (Å²) in [6.07, 6.45) is -18.4. The second kappa shape index (κ2) is 8.60. The predicted octanol–water partition coefficient (Wildman–Crippen LogP) is -6.37. The van der Waals surface area contributed by atoms with Crippen molar-refractivity contribution in [2.75, 3.05) is 13.2 Å². The largest absolute Gasteiger partial charge is 0.394 e. The van der Waals surface area contributed by atoms with E-state index >= 15 is 0 Å². The van der Waals surface area contributed by atoms with Crippen molar-refractivity contribution in [2.24, 2.45) is 0 Å². The number of hydrogen-bond donors (Lipinski definition) is 10. The van der Waals surface area contributed by atoms with Crippen molar-refractivity contribution in [3.05, 3.63) is 0 Å². The Morgan fingerprint density at radius 1 is 0.739 bits per heavy atom. The molecule has 0 saturated carbocycles. The lowest BCUT2D eigenvalue weighted by atomic mass is 9.88. The van der Waals surface area contributed by atoms with E-state index in [1.165, 1.54) is 0 Å². The third-order valence-corrected chi connectivity index (χ3v) is 3.90. The summed E-state index contributed by atoms with van der Waals surface area (Å²) < 4.78 is 5.01. The fraction of sp³-hybridized carbons (Fsp3) is 1.00. The molecule has 0 amide bonds. The van der Waals surface area contributed by atoms with Crippen LogP contribution in [-0.4, -0.2) is 125 Å². The van der Waals surface area contributed by atoms with Crippen LogP contribution in [0.3, 0.4) is 0 Å². The average molecular weight is 344 g/mol. The van der Waals surface area contributed by atoms with E-state index in [9.17, 15) is 40.9 Å². The Bertz CT molecular complexity index is 354. The van der Waals surface area contributed by atoms with E-state index in [4.69, 9.17) is 14.9 Å². The van der Waals surface area contributed by atoms with Gasteiger partial charge in [-0.3, -0.25) is 0 Å². The number of rotatable bonds is 7. The molecule has 11 heteroatoms. The molecule has 0 aromatic carbocycles. The molecule has 0 aliphatic carbocycles. The Balaban J connectivity index is 2.83. The summed E-state index contributed by atoms with van der Waals surface area (Å²) in [5, 5.41) is 94.9. The summed E-state index contributed by atoms with van der Waals surface area (Å²) in [5.41, 5.74) is 0. The molecular weight excluding hydrogens is 320 g/mol. The van der Waals surface area contributed by atoms with Gasteiger partial charge in [0.05, 0.1) is 13.2 Å². The minimum atomic E-state index is -2.13. The van der Waals surface area contributed by atoms with Crippen molar-refractivity contribution >= 4 is 0 Å². The van der Waals surface area contributed by atoms with E-state index in [1.54, 1.807) is 0 Å². The zero-order chi connectivity index (χ0) is 17.9.